The first-order valence-electron chi connectivity index (χ1n) is 9.70. The molecule has 3 amide bonds. The van der Waals surface area contributed by atoms with E-state index in [-0.39, 0.29) is 23.9 Å². The van der Waals surface area contributed by atoms with Crippen molar-refractivity contribution in [3.63, 3.8) is 0 Å². The molecule has 0 radical (unpaired) electrons. The third kappa shape index (κ3) is 3.02. The molecule has 2 heterocycles. The molecular formula is C19H33N3O2. The van der Waals surface area contributed by atoms with E-state index in [1.54, 1.807) is 0 Å². The Morgan fingerprint density at radius 3 is 2.17 bits per heavy atom. The highest BCUT2D eigenvalue weighted by molar-refractivity contribution is 5.78. The molecule has 136 valence electrons. The summed E-state index contributed by atoms with van der Waals surface area (Å²) in [6, 6.07) is 0.730. The van der Waals surface area contributed by atoms with Gasteiger partial charge >= 0.3 is 6.03 Å². The first-order valence-corrected chi connectivity index (χ1v) is 9.70. The van der Waals surface area contributed by atoms with Gasteiger partial charge < -0.3 is 15.1 Å². The zero-order valence-electron chi connectivity index (χ0n) is 15.7. The summed E-state index contributed by atoms with van der Waals surface area (Å²) in [6.45, 7) is 10.8. The van der Waals surface area contributed by atoms with Gasteiger partial charge in [0.15, 0.2) is 0 Å². The van der Waals surface area contributed by atoms with Crippen molar-refractivity contribution < 1.29 is 9.59 Å². The molecule has 5 nitrogen and oxygen atoms in total. The molecule has 1 N–H and O–H groups in total. The van der Waals surface area contributed by atoms with Gasteiger partial charge in [-0.3, -0.25) is 4.79 Å². The first-order chi connectivity index (χ1) is 11.3. The van der Waals surface area contributed by atoms with Gasteiger partial charge in [0.2, 0.25) is 5.91 Å². The molecule has 24 heavy (non-hydrogen) atoms. The Hall–Kier alpha value is -1.26. The number of hydrogen-bond acceptors (Lipinski definition) is 2. The highest BCUT2D eigenvalue weighted by Crippen LogP contribution is 2.55. The van der Waals surface area contributed by atoms with Crippen molar-refractivity contribution in [2.75, 3.05) is 19.6 Å². The van der Waals surface area contributed by atoms with E-state index in [1.165, 1.54) is 19.3 Å². The molecule has 1 spiro atoms. The van der Waals surface area contributed by atoms with Gasteiger partial charge in [-0.15, -0.1) is 0 Å². The fourth-order valence-electron chi connectivity index (χ4n) is 4.97. The molecule has 0 bridgehead atoms. The van der Waals surface area contributed by atoms with Crippen LogP contribution < -0.4 is 5.32 Å². The molecule has 5 heteroatoms. The quantitative estimate of drug-likeness (QED) is 0.862. The predicted molar refractivity (Wildman–Crippen MR) is 94.6 cm³/mol. The van der Waals surface area contributed by atoms with E-state index in [0.717, 1.165) is 32.5 Å². The number of nitrogens with zero attached hydrogens (tertiary/aromatic N) is 2. The molecule has 1 saturated carbocycles. The highest BCUT2D eigenvalue weighted by atomic mass is 16.2. The Balaban J connectivity index is 1.49. The van der Waals surface area contributed by atoms with Crippen molar-refractivity contribution in [3.8, 4) is 0 Å². The minimum absolute atomic E-state index is 0.0581. The molecule has 1 atom stereocenters. The lowest BCUT2D eigenvalue weighted by atomic mass is 9.55. The molecule has 2 aliphatic heterocycles. The second kappa shape index (κ2) is 6.57. The summed E-state index contributed by atoms with van der Waals surface area (Å²) in [5.41, 5.74) is 0.429. The molecule has 2 saturated heterocycles. The minimum atomic E-state index is 0.0581. The number of carbonyl (C=O) groups is 2. The summed E-state index contributed by atoms with van der Waals surface area (Å²) >= 11 is 0. The zero-order valence-corrected chi connectivity index (χ0v) is 15.7. The molecule has 3 aliphatic rings. The maximum atomic E-state index is 12.7. The second-order valence-electron chi connectivity index (χ2n) is 8.74. The number of rotatable bonds is 3. The second-order valence-corrected chi connectivity index (χ2v) is 8.74. The topological polar surface area (TPSA) is 52.7 Å². The molecule has 0 aromatic heterocycles. The standard InChI is InChI=1S/C19H33N3O2/c1-13(2)16-19(8-5-9-19)12-22(16)18(24)20-15-6-10-21(11-7-15)17(23)14(3)4/h13-16H,5-12H2,1-4H3,(H,20,24). The Kier molecular flexibility index (Phi) is 4.80. The lowest BCUT2D eigenvalue weighted by Crippen LogP contribution is -2.72. The summed E-state index contributed by atoms with van der Waals surface area (Å²) in [5.74, 6) is 0.812. The average molecular weight is 335 g/mol. The van der Waals surface area contributed by atoms with Gasteiger partial charge in [-0.1, -0.05) is 34.1 Å². The van der Waals surface area contributed by atoms with Crippen molar-refractivity contribution in [2.24, 2.45) is 17.3 Å². The fraction of sp³-hybridized carbons (Fsp3) is 0.895. The zero-order chi connectivity index (χ0) is 17.5. The smallest absolute Gasteiger partial charge is 0.317 e. The van der Waals surface area contributed by atoms with E-state index in [1.807, 2.05) is 18.7 Å². The van der Waals surface area contributed by atoms with Crippen LogP contribution in [0.4, 0.5) is 4.79 Å². The number of piperidine rings is 1. The van der Waals surface area contributed by atoms with Crippen molar-refractivity contribution in [1.82, 2.24) is 15.1 Å². The molecule has 3 rings (SSSR count). The van der Waals surface area contributed by atoms with E-state index >= 15 is 0 Å². The summed E-state index contributed by atoms with van der Waals surface area (Å²) in [5, 5.41) is 3.23. The van der Waals surface area contributed by atoms with Crippen molar-refractivity contribution >= 4 is 11.9 Å². The van der Waals surface area contributed by atoms with Crippen LogP contribution >= 0.6 is 0 Å². The van der Waals surface area contributed by atoms with Crippen LogP contribution in [0.25, 0.3) is 0 Å². The van der Waals surface area contributed by atoms with E-state index in [0.29, 0.717) is 17.4 Å². The molecule has 1 aliphatic carbocycles. The number of likely N-dealkylation sites (tertiary alicyclic amines) is 2. The summed E-state index contributed by atoms with van der Waals surface area (Å²) in [6.07, 6.45) is 5.64. The summed E-state index contributed by atoms with van der Waals surface area (Å²) in [7, 11) is 0. The molecule has 3 fully saturated rings. The summed E-state index contributed by atoms with van der Waals surface area (Å²) in [4.78, 5) is 28.8. The number of carbonyl (C=O) groups excluding carboxylic acids is 2. The molecular weight excluding hydrogens is 302 g/mol. The van der Waals surface area contributed by atoms with Crippen molar-refractivity contribution in [3.05, 3.63) is 0 Å². The van der Waals surface area contributed by atoms with E-state index in [2.05, 4.69) is 24.1 Å². The third-order valence-electron chi connectivity index (χ3n) is 6.32. The lowest BCUT2D eigenvalue weighted by Gasteiger charge is -2.64. The maximum Gasteiger partial charge on any atom is 0.317 e. The first kappa shape index (κ1) is 17.6. The van der Waals surface area contributed by atoms with Crippen LogP contribution in [0.15, 0.2) is 0 Å². The largest absolute Gasteiger partial charge is 0.342 e. The van der Waals surface area contributed by atoms with Crippen molar-refractivity contribution in [1.29, 1.82) is 0 Å². The van der Waals surface area contributed by atoms with Crippen LogP contribution in [0.2, 0.25) is 0 Å². The van der Waals surface area contributed by atoms with Gasteiger partial charge in [-0.05, 0) is 31.6 Å². The fourth-order valence-corrected chi connectivity index (χ4v) is 4.97. The Labute approximate surface area is 146 Å². The number of nitrogens with one attached hydrogen (secondary N) is 1. The van der Waals surface area contributed by atoms with Gasteiger partial charge in [0.05, 0.1) is 0 Å². The summed E-state index contributed by atoms with van der Waals surface area (Å²) < 4.78 is 0. The number of hydrogen-bond donors (Lipinski definition) is 1. The van der Waals surface area contributed by atoms with Gasteiger partial charge in [0, 0.05) is 43.1 Å². The normalized spacial score (nSPS) is 26.5. The highest BCUT2D eigenvalue weighted by Gasteiger charge is 2.58. The molecule has 0 aromatic rings. The van der Waals surface area contributed by atoms with Crippen LogP contribution in [0.1, 0.15) is 59.8 Å². The monoisotopic (exact) mass is 335 g/mol. The van der Waals surface area contributed by atoms with E-state index in [9.17, 15) is 9.59 Å². The van der Waals surface area contributed by atoms with E-state index in [4.69, 9.17) is 0 Å². The predicted octanol–water partition coefficient (Wildman–Crippen LogP) is 2.85. The van der Waals surface area contributed by atoms with E-state index < -0.39 is 0 Å². The van der Waals surface area contributed by atoms with Crippen molar-refractivity contribution in [2.45, 2.75) is 71.9 Å². The van der Waals surface area contributed by atoms with Gasteiger partial charge in [-0.2, -0.15) is 0 Å². The van der Waals surface area contributed by atoms with Crippen LogP contribution in [0.3, 0.4) is 0 Å². The third-order valence-corrected chi connectivity index (χ3v) is 6.32. The Morgan fingerprint density at radius 2 is 1.71 bits per heavy atom. The maximum absolute atomic E-state index is 12.7. The number of urea groups is 1. The van der Waals surface area contributed by atoms with Crippen LogP contribution in [0.5, 0.6) is 0 Å². The van der Waals surface area contributed by atoms with Crippen LogP contribution in [0, 0.1) is 17.3 Å². The molecule has 0 aromatic carbocycles. The Morgan fingerprint density at radius 1 is 1.08 bits per heavy atom. The average Bonchev–Trinajstić information content (AvgIpc) is 2.44. The lowest BCUT2D eigenvalue weighted by molar-refractivity contribution is -0.135. The van der Waals surface area contributed by atoms with Gasteiger partial charge in [0.25, 0.3) is 0 Å². The van der Waals surface area contributed by atoms with Crippen LogP contribution in [-0.2, 0) is 4.79 Å². The van der Waals surface area contributed by atoms with Crippen LogP contribution in [-0.4, -0.2) is 53.5 Å². The number of amides is 3. The van der Waals surface area contributed by atoms with Gasteiger partial charge in [-0.25, -0.2) is 4.79 Å². The minimum Gasteiger partial charge on any atom is -0.342 e. The SMILES string of the molecule is CC(C)C(=O)N1CCC(NC(=O)N2CC3(CCC3)C2C(C)C)CC1. The Bertz CT molecular complexity index is 491. The molecule has 1 unspecified atom stereocenters. The van der Waals surface area contributed by atoms with Gasteiger partial charge in [0.1, 0.15) is 0 Å².